The Kier molecular flexibility index (Phi) is 4.93. The van der Waals surface area contributed by atoms with E-state index in [2.05, 4.69) is 24.6 Å². The first-order valence-corrected chi connectivity index (χ1v) is 7.97. The predicted molar refractivity (Wildman–Crippen MR) is 76.3 cm³/mol. The van der Waals surface area contributed by atoms with Crippen LogP contribution in [-0.4, -0.2) is 14.2 Å². The lowest BCUT2D eigenvalue weighted by Crippen LogP contribution is -2.26. The fourth-order valence-corrected chi connectivity index (χ4v) is 3.13. The maximum absolute atomic E-state index is 11.7. The normalized spacial score (nSPS) is 11.8. The highest BCUT2D eigenvalue weighted by molar-refractivity contribution is 7.89. The summed E-state index contributed by atoms with van der Waals surface area (Å²) in [6.07, 6.45) is 0.639. The summed E-state index contributed by atoms with van der Waals surface area (Å²) in [5.74, 6) is 0.190. The van der Waals surface area contributed by atoms with E-state index in [1.165, 1.54) is 22.3 Å². The Hall–Kier alpha value is -0.870. The molecule has 0 radical (unpaired) electrons. The molecule has 3 nitrogen and oxygen atoms in total. The van der Waals surface area contributed by atoms with Gasteiger partial charge in [-0.15, -0.1) is 0 Å². The van der Waals surface area contributed by atoms with Gasteiger partial charge in [0.05, 0.1) is 5.75 Å². The molecule has 1 aromatic rings. The van der Waals surface area contributed by atoms with Crippen molar-refractivity contribution in [3.63, 3.8) is 0 Å². The molecule has 0 aliphatic heterocycles. The van der Waals surface area contributed by atoms with Gasteiger partial charge in [-0.1, -0.05) is 13.0 Å². The van der Waals surface area contributed by atoms with Gasteiger partial charge >= 0.3 is 0 Å². The van der Waals surface area contributed by atoms with E-state index in [0.29, 0.717) is 13.0 Å². The molecule has 0 bridgehead atoms. The van der Waals surface area contributed by atoms with Gasteiger partial charge in [-0.3, -0.25) is 0 Å². The molecule has 18 heavy (non-hydrogen) atoms. The van der Waals surface area contributed by atoms with Crippen LogP contribution in [0.5, 0.6) is 0 Å². The Bertz CT molecular complexity index is 507. The molecule has 0 fully saturated rings. The zero-order valence-electron chi connectivity index (χ0n) is 11.9. The molecule has 1 rings (SSSR count). The van der Waals surface area contributed by atoms with Crippen LogP contribution >= 0.6 is 0 Å². The van der Waals surface area contributed by atoms with Crippen LogP contribution in [-0.2, 0) is 16.6 Å². The molecule has 1 N–H and O–H groups in total. The van der Waals surface area contributed by atoms with Crippen molar-refractivity contribution in [3.05, 3.63) is 33.9 Å². The Morgan fingerprint density at radius 1 is 1.06 bits per heavy atom. The minimum atomic E-state index is -3.14. The number of hydrogen-bond donors (Lipinski definition) is 1. The lowest BCUT2D eigenvalue weighted by atomic mass is 9.94. The minimum Gasteiger partial charge on any atom is -0.212 e. The summed E-state index contributed by atoms with van der Waals surface area (Å²) in [6.45, 7) is 10.5. The highest BCUT2D eigenvalue weighted by Crippen LogP contribution is 2.21. The third-order valence-electron chi connectivity index (χ3n) is 3.46. The number of aryl methyl sites for hydroxylation is 2. The summed E-state index contributed by atoms with van der Waals surface area (Å²) in [5.41, 5.74) is 5.88. The summed E-state index contributed by atoms with van der Waals surface area (Å²) in [7, 11) is -3.14. The molecular formula is C14H23NO2S. The van der Waals surface area contributed by atoms with Gasteiger partial charge in [0.1, 0.15) is 0 Å². The van der Waals surface area contributed by atoms with Crippen LogP contribution in [0.4, 0.5) is 0 Å². The molecule has 0 unspecified atom stereocenters. The van der Waals surface area contributed by atoms with Crippen LogP contribution in [0.2, 0.25) is 0 Å². The molecule has 0 spiro atoms. The summed E-state index contributed by atoms with van der Waals surface area (Å²) in [4.78, 5) is 0. The summed E-state index contributed by atoms with van der Waals surface area (Å²) in [5, 5.41) is 0. The standard InChI is InChI=1S/C14H23NO2S/c1-6-7-18(16,17)15-9-14-12(4)10(2)8-11(3)13(14)5/h8,15H,6-7,9H2,1-5H3. The third kappa shape index (κ3) is 3.56. The van der Waals surface area contributed by atoms with E-state index in [4.69, 9.17) is 0 Å². The molecule has 1 aromatic carbocycles. The predicted octanol–water partition coefficient (Wildman–Crippen LogP) is 2.75. The Morgan fingerprint density at radius 2 is 1.56 bits per heavy atom. The first kappa shape index (κ1) is 15.2. The number of rotatable bonds is 5. The molecule has 0 atom stereocenters. The van der Waals surface area contributed by atoms with Crippen molar-refractivity contribution in [1.82, 2.24) is 4.72 Å². The van der Waals surface area contributed by atoms with Crippen LogP contribution in [0, 0.1) is 27.7 Å². The fraction of sp³-hybridized carbons (Fsp3) is 0.571. The molecule has 0 amide bonds. The molecular weight excluding hydrogens is 246 g/mol. The van der Waals surface area contributed by atoms with E-state index in [-0.39, 0.29) is 5.75 Å². The Labute approximate surface area is 111 Å². The van der Waals surface area contributed by atoms with Crippen molar-refractivity contribution in [3.8, 4) is 0 Å². The Balaban J connectivity index is 2.99. The van der Waals surface area contributed by atoms with Crippen molar-refractivity contribution in [1.29, 1.82) is 0 Å². The highest BCUT2D eigenvalue weighted by Gasteiger charge is 2.12. The van der Waals surface area contributed by atoms with Crippen molar-refractivity contribution in [2.75, 3.05) is 5.75 Å². The molecule has 0 heterocycles. The average molecular weight is 269 g/mol. The SMILES string of the molecule is CCCS(=O)(=O)NCc1c(C)c(C)cc(C)c1C. The zero-order valence-corrected chi connectivity index (χ0v) is 12.7. The van der Waals surface area contributed by atoms with Crippen LogP contribution in [0.15, 0.2) is 6.07 Å². The fourth-order valence-electron chi connectivity index (χ4n) is 2.09. The van der Waals surface area contributed by atoms with Crippen LogP contribution in [0.1, 0.15) is 41.2 Å². The van der Waals surface area contributed by atoms with Crippen molar-refractivity contribution >= 4 is 10.0 Å². The number of benzene rings is 1. The lowest BCUT2D eigenvalue weighted by molar-refractivity contribution is 0.579. The van der Waals surface area contributed by atoms with Crippen LogP contribution < -0.4 is 4.72 Å². The molecule has 0 aliphatic rings. The van der Waals surface area contributed by atoms with Gasteiger partial charge in [-0.2, -0.15) is 0 Å². The second-order valence-corrected chi connectivity index (χ2v) is 6.81. The average Bonchev–Trinajstić information content (AvgIpc) is 2.26. The van der Waals surface area contributed by atoms with E-state index in [9.17, 15) is 8.42 Å². The van der Waals surface area contributed by atoms with Gasteiger partial charge in [-0.05, 0) is 61.9 Å². The van der Waals surface area contributed by atoms with Crippen molar-refractivity contribution in [2.24, 2.45) is 0 Å². The quantitative estimate of drug-likeness (QED) is 0.893. The monoisotopic (exact) mass is 269 g/mol. The number of hydrogen-bond acceptors (Lipinski definition) is 2. The second-order valence-electron chi connectivity index (χ2n) is 4.88. The van der Waals surface area contributed by atoms with Gasteiger partial charge in [0.25, 0.3) is 0 Å². The molecule has 4 heteroatoms. The van der Waals surface area contributed by atoms with E-state index >= 15 is 0 Å². The Morgan fingerprint density at radius 3 is 2.00 bits per heavy atom. The maximum atomic E-state index is 11.7. The summed E-state index contributed by atoms with van der Waals surface area (Å²) >= 11 is 0. The van der Waals surface area contributed by atoms with Gasteiger partial charge in [0.2, 0.25) is 10.0 Å². The van der Waals surface area contributed by atoms with Gasteiger partial charge in [0.15, 0.2) is 0 Å². The first-order valence-electron chi connectivity index (χ1n) is 6.32. The molecule has 0 saturated heterocycles. The van der Waals surface area contributed by atoms with Crippen molar-refractivity contribution < 1.29 is 8.42 Å². The van der Waals surface area contributed by atoms with Crippen LogP contribution in [0.3, 0.4) is 0 Å². The first-order chi connectivity index (χ1) is 8.28. The number of sulfonamides is 1. The minimum absolute atomic E-state index is 0.190. The van der Waals surface area contributed by atoms with E-state index in [1.54, 1.807) is 0 Å². The third-order valence-corrected chi connectivity index (χ3v) is 4.99. The van der Waals surface area contributed by atoms with E-state index in [1.807, 2.05) is 20.8 Å². The number of nitrogens with one attached hydrogen (secondary N) is 1. The van der Waals surface area contributed by atoms with Gasteiger partial charge < -0.3 is 0 Å². The van der Waals surface area contributed by atoms with Gasteiger partial charge in [0, 0.05) is 6.54 Å². The topological polar surface area (TPSA) is 46.2 Å². The van der Waals surface area contributed by atoms with Gasteiger partial charge in [-0.25, -0.2) is 13.1 Å². The second kappa shape index (κ2) is 5.85. The highest BCUT2D eigenvalue weighted by atomic mass is 32.2. The smallest absolute Gasteiger partial charge is 0.211 e. The molecule has 0 saturated carbocycles. The summed E-state index contributed by atoms with van der Waals surface area (Å²) in [6, 6.07) is 2.15. The van der Waals surface area contributed by atoms with Crippen molar-refractivity contribution in [2.45, 2.75) is 47.6 Å². The lowest BCUT2D eigenvalue weighted by Gasteiger charge is -2.16. The maximum Gasteiger partial charge on any atom is 0.211 e. The van der Waals surface area contributed by atoms with E-state index < -0.39 is 10.0 Å². The zero-order chi connectivity index (χ0) is 13.9. The van der Waals surface area contributed by atoms with E-state index in [0.717, 1.165) is 5.56 Å². The van der Waals surface area contributed by atoms with Crippen LogP contribution in [0.25, 0.3) is 0 Å². The largest absolute Gasteiger partial charge is 0.212 e. The molecule has 102 valence electrons. The summed E-state index contributed by atoms with van der Waals surface area (Å²) < 4.78 is 26.1. The molecule has 0 aromatic heterocycles. The molecule has 0 aliphatic carbocycles.